The first kappa shape index (κ1) is 12.1. The second-order valence-corrected chi connectivity index (χ2v) is 4.23. The van der Waals surface area contributed by atoms with E-state index in [1.807, 2.05) is 30.5 Å². The predicted molar refractivity (Wildman–Crippen MR) is 68.6 cm³/mol. The minimum Gasteiger partial charge on any atom is -0.496 e. The van der Waals surface area contributed by atoms with E-state index in [4.69, 9.17) is 16.3 Å². The Kier molecular flexibility index (Phi) is 3.81. The summed E-state index contributed by atoms with van der Waals surface area (Å²) < 4.78 is 5.26. The number of rotatable bonds is 3. The average Bonchev–Trinajstić information content (AvgIpc) is 2.37. The number of nitrogens with zero attached hydrogens (tertiary/aromatic N) is 3. The number of halogens is 1. The molecule has 0 saturated heterocycles. The maximum atomic E-state index is 5.86. The van der Waals surface area contributed by atoms with Gasteiger partial charge in [-0.25, -0.2) is 4.98 Å². The van der Waals surface area contributed by atoms with Crippen molar-refractivity contribution in [1.29, 1.82) is 0 Å². The van der Waals surface area contributed by atoms with Crippen LogP contribution < -0.4 is 4.74 Å². The summed E-state index contributed by atoms with van der Waals surface area (Å²) in [5.74, 6) is 1.23. The predicted octanol–water partition coefficient (Wildman–Crippen LogP) is 2.92. The molecule has 0 N–H and O–H groups in total. The number of aromatic nitrogens is 3. The molecular weight excluding hydrogens is 258 g/mol. The molecule has 0 saturated carbocycles. The van der Waals surface area contributed by atoms with E-state index in [1.165, 1.54) is 11.8 Å². The molecule has 2 rings (SSSR count). The van der Waals surface area contributed by atoms with Crippen molar-refractivity contribution in [2.75, 3.05) is 13.4 Å². The number of hydrogen-bond acceptors (Lipinski definition) is 5. The fraction of sp³-hybridized carbons (Fsp3) is 0.182. The highest BCUT2D eigenvalue weighted by Crippen LogP contribution is 2.28. The van der Waals surface area contributed by atoms with Crippen LogP contribution in [0.2, 0.25) is 5.28 Å². The quantitative estimate of drug-likeness (QED) is 0.800. The van der Waals surface area contributed by atoms with Crippen LogP contribution in [0.3, 0.4) is 0 Å². The van der Waals surface area contributed by atoms with E-state index in [-0.39, 0.29) is 5.28 Å². The standard InChI is InChI=1S/C11H10ClN3OS/c1-16-8-6-4-3-5-7(8)9-13-10(12)15-11(14-9)17-2/h3-6H,1-2H3. The summed E-state index contributed by atoms with van der Waals surface area (Å²) in [4.78, 5) is 12.4. The molecule has 0 atom stereocenters. The van der Waals surface area contributed by atoms with E-state index in [0.29, 0.717) is 16.7 Å². The van der Waals surface area contributed by atoms with Crippen LogP contribution in [0.1, 0.15) is 0 Å². The topological polar surface area (TPSA) is 47.9 Å². The van der Waals surface area contributed by atoms with Gasteiger partial charge in [0.15, 0.2) is 11.0 Å². The van der Waals surface area contributed by atoms with Gasteiger partial charge in [0, 0.05) is 0 Å². The molecule has 1 aromatic heterocycles. The maximum absolute atomic E-state index is 5.86. The molecule has 0 amide bonds. The third-order valence-corrected chi connectivity index (χ3v) is 2.83. The van der Waals surface area contributed by atoms with Gasteiger partial charge >= 0.3 is 0 Å². The average molecular weight is 268 g/mol. The Morgan fingerprint density at radius 2 is 1.94 bits per heavy atom. The van der Waals surface area contributed by atoms with Crippen molar-refractivity contribution in [1.82, 2.24) is 15.0 Å². The second-order valence-electron chi connectivity index (χ2n) is 3.12. The van der Waals surface area contributed by atoms with Crippen LogP contribution in [0.5, 0.6) is 5.75 Å². The van der Waals surface area contributed by atoms with Gasteiger partial charge in [-0.05, 0) is 30.0 Å². The summed E-state index contributed by atoms with van der Waals surface area (Å²) >= 11 is 7.28. The number of benzene rings is 1. The number of methoxy groups -OCH3 is 1. The Bertz CT molecular complexity index is 536. The van der Waals surface area contributed by atoms with Gasteiger partial charge in [-0.1, -0.05) is 23.9 Å². The Morgan fingerprint density at radius 3 is 2.65 bits per heavy atom. The van der Waals surface area contributed by atoms with E-state index >= 15 is 0 Å². The first-order valence-electron chi connectivity index (χ1n) is 4.83. The highest BCUT2D eigenvalue weighted by Gasteiger charge is 2.10. The molecule has 1 heterocycles. The van der Waals surface area contributed by atoms with Crippen LogP contribution in [0.15, 0.2) is 29.4 Å². The van der Waals surface area contributed by atoms with Gasteiger partial charge in [-0.3, -0.25) is 0 Å². The lowest BCUT2D eigenvalue weighted by molar-refractivity contribution is 0.416. The summed E-state index contributed by atoms with van der Waals surface area (Å²) in [6.07, 6.45) is 1.89. The lowest BCUT2D eigenvalue weighted by atomic mass is 10.2. The zero-order valence-electron chi connectivity index (χ0n) is 9.35. The molecule has 0 aliphatic heterocycles. The van der Waals surface area contributed by atoms with Gasteiger partial charge in [0.1, 0.15) is 5.75 Å². The Balaban J connectivity index is 2.55. The van der Waals surface area contributed by atoms with Crippen molar-refractivity contribution < 1.29 is 4.74 Å². The highest BCUT2D eigenvalue weighted by molar-refractivity contribution is 7.98. The number of thioether (sulfide) groups is 1. The van der Waals surface area contributed by atoms with Crippen molar-refractivity contribution in [3.63, 3.8) is 0 Å². The third kappa shape index (κ3) is 2.68. The molecule has 0 fully saturated rings. The van der Waals surface area contributed by atoms with Gasteiger partial charge in [-0.15, -0.1) is 0 Å². The van der Waals surface area contributed by atoms with Gasteiger partial charge in [-0.2, -0.15) is 9.97 Å². The molecule has 0 unspecified atom stereocenters. The van der Waals surface area contributed by atoms with Crippen LogP contribution in [0.25, 0.3) is 11.4 Å². The van der Waals surface area contributed by atoms with Crippen LogP contribution in [0.4, 0.5) is 0 Å². The fourth-order valence-electron chi connectivity index (χ4n) is 1.37. The lowest BCUT2D eigenvalue weighted by Crippen LogP contribution is -1.97. The monoisotopic (exact) mass is 267 g/mol. The first-order chi connectivity index (χ1) is 8.24. The lowest BCUT2D eigenvalue weighted by Gasteiger charge is -2.07. The van der Waals surface area contributed by atoms with E-state index in [2.05, 4.69) is 15.0 Å². The normalized spacial score (nSPS) is 10.3. The summed E-state index contributed by atoms with van der Waals surface area (Å²) in [5.41, 5.74) is 0.801. The SMILES string of the molecule is COc1ccccc1-c1nc(Cl)nc(SC)n1. The van der Waals surface area contributed by atoms with Gasteiger partial charge < -0.3 is 4.74 Å². The van der Waals surface area contributed by atoms with Crippen molar-refractivity contribution in [2.24, 2.45) is 0 Å². The summed E-state index contributed by atoms with van der Waals surface area (Å²) in [7, 11) is 1.61. The smallest absolute Gasteiger partial charge is 0.226 e. The minimum absolute atomic E-state index is 0.185. The summed E-state index contributed by atoms with van der Waals surface area (Å²) in [5, 5.41) is 0.774. The molecule has 0 spiro atoms. The zero-order chi connectivity index (χ0) is 12.3. The van der Waals surface area contributed by atoms with Crippen molar-refractivity contribution in [2.45, 2.75) is 5.16 Å². The van der Waals surface area contributed by atoms with Crippen molar-refractivity contribution >= 4 is 23.4 Å². The molecule has 17 heavy (non-hydrogen) atoms. The largest absolute Gasteiger partial charge is 0.496 e. The molecule has 0 radical (unpaired) electrons. The van der Waals surface area contributed by atoms with Crippen LogP contribution in [0, 0.1) is 0 Å². The molecule has 88 valence electrons. The van der Waals surface area contributed by atoms with E-state index in [0.717, 1.165) is 5.56 Å². The van der Waals surface area contributed by atoms with Crippen molar-refractivity contribution in [3.05, 3.63) is 29.5 Å². The Morgan fingerprint density at radius 1 is 1.18 bits per heavy atom. The number of hydrogen-bond donors (Lipinski definition) is 0. The molecule has 2 aromatic rings. The maximum Gasteiger partial charge on any atom is 0.226 e. The summed E-state index contributed by atoms with van der Waals surface area (Å²) in [6, 6.07) is 7.52. The van der Waals surface area contributed by atoms with E-state index in [9.17, 15) is 0 Å². The van der Waals surface area contributed by atoms with Gasteiger partial charge in [0.25, 0.3) is 0 Å². The molecule has 0 bridgehead atoms. The van der Waals surface area contributed by atoms with Gasteiger partial charge in [0.2, 0.25) is 5.28 Å². The van der Waals surface area contributed by atoms with Crippen molar-refractivity contribution in [3.8, 4) is 17.1 Å². The second kappa shape index (κ2) is 5.33. The number of ether oxygens (including phenoxy) is 1. The highest BCUT2D eigenvalue weighted by atomic mass is 35.5. The molecule has 4 nitrogen and oxygen atoms in total. The molecule has 6 heteroatoms. The van der Waals surface area contributed by atoms with E-state index < -0.39 is 0 Å². The van der Waals surface area contributed by atoms with Crippen LogP contribution >= 0.6 is 23.4 Å². The zero-order valence-corrected chi connectivity index (χ0v) is 10.9. The van der Waals surface area contributed by atoms with Crippen LogP contribution in [-0.4, -0.2) is 28.3 Å². The Hall–Kier alpha value is -1.33. The molecule has 0 aliphatic rings. The first-order valence-corrected chi connectivity index (χ1v) is 6.44. The minimum atomic E-state index is 0.185. The molecule has 1 aromatic carbocycles. The number of para-hydroxylation sites is 1. The Labute approximate surface area is 108 Å². The molecule has 0 aliphatic carbocycles. The van der Waals surface area contributed by atoms with Crippen LogP contribution in [-0.2, 0) is 0 Å². The third-order valence-electron chi connectivity index (χ3n) is 2.12. The van der Waals surface area contributed by atoms with E-state index in [1.54, 1.807) is 7.11 Å². The van der Waals surface area contributed by atoms with Gasteiger partial charge in [0.05, 0.1) is 12.7 Å². The fourth-order valence-corrected chi connectivity index (χ4v) is 1.94. The molecular formula is C11H10ClN3OS. The summed E-state index contributed by atoms with van der Waals surface area (Å²) in [6.45, 7) is 0.